The van der Waals surface area contributed by atoms with Gasteiger partial charge in [-0.25, -0.2) is 0 Å². The number of nitrogens with one attached hydrogen (secondary N) is 1. The summed E-state index contributed by atoms with van der Waals surface area (Å²) in [5.74, 6) is 1.95. The normalized spacial score (nSPS) is 15.1. The van der Waals surface area contributed by atoms with Crippen LogP contribution in [0, 0.1) is 5.92 Å². The highest BCUT2D eigenvalue weighted by molar-refractivity contribution is 9.10. The van der Waals surface area contributed by atoms with E-state index in [0.29, 0.717) is 0 Å². The molecule has 1 saturated carbocycles. The highest BCUT2D eigenvalue weighted by Crippen LogP contribution is 2.32. The largest absolute Gasteiger partial charge is 0.493 e. The molecule has 0 heterocycles. The van der Waals surface area contributed by atoms with Crippen molar-refractivity contribution < 1.29 is 4.74 Å². The number of rotatable bonds is 6. The molecule has 0 atom stereocenters. The lowest BCUT2D eigenvalue weighted by molar-refractivity contribution is 0.299. The molecule has 1 aromatic carbocycles. The van der Waals surface area contributed by atoms with Crippen molar-refractivity contribution in [2.75, 3.05) is 13.7 Å². The molecule has 3 heteroatoms. The van der Waals surface area contributed by atoms with Gasteiger partial charge in [0.15, 0.2) is 0 Å². The van der Waals surface area contributed by atoms with E-state index in [1.165, 1.54) is 24.8 Å². The molecule has 1 aliphatic rings. The van der Waals surface area contributed by atoms with Crippen molar-refractivity contribution in [3.63, 3.8) is 0 Å². The van der Waals surface area contributed by atoms with E-state index in [9.17, 15) is 0 Å². The predicted octanol–water partition coefficient (Wildman–Crippen LogP) is 3.35. The van der Waals surface area contributed by atoms with Crippen molar-refractivity contribution in [2.24, 2.45) is 5.92 Å². The molecule has 0 unspecified atom stereocenters. The first-order valence-corrected chi connectivity index (χ1v) is 6.64. The van der Waals surface area contributed by atoms with Crippen LogP contribution < -0.4 is 10.1 Å². The number of halogens is 1. The first-order chi connectivity index (χ1) is 7.79. The van der Waals surface area contributed by atoms with Crippen LogP contribution in [0.3, 0.4) is 0 Å². The molecule has 0 radical (unpaired) electrons. The average molecular weight is 284 g/mol. The smallest absolute Gasteiger partial charge is 0.123 e. The zero-order valence-electron chi connectivity index (χ0n) is 9.63. The van der Waals surface area contributed by atoms with E-state index in [1.54, 1.807) is 0 Å². The molecule has 0 amide bonds. The lowest BCUT2D eigenvalue weighted by Crippen LogP contribution is -2.08. The van der Waals surface area contributed by atoms with E-state index in [2.05, 4.69) is 27.3 Å². The van der Waals surface area contributed by atoms with Crippen LogP contribution in [0.25, 0.3) is 0 Å². The summed E-state index contributed by atoms with van der Waals surface area (Å²) in [5, 5.41) is 3.16. The van der Waals surface area contributed by atoms with Crippen LogP contribution in [0.1, 0.15) is 24.8 Å². The molecule has 0 spiro atoms. The van der Waals surface area contributed by atoms with Crippen LogP contribution in [0.2, 0.25) is 0 Å². The van der Waals surface area contributed by atoms with Gasteiger partial charge >= 0.3 is 0 Å². The highest BCUT2D eigenvalue weighted by Gasteiger charge is 2.20. The zero-order chi connectivity index (χ0) is 11.4. The average Bonchev–Trinajstić information content (AvgIpc) is 3.06. The molecule has 88 valence electrons. The predicted molar refractivity (Wildman–Crippen MR) is 69.7 cm³/mol. The van der Waals surface area contributed by atoms with Crippen molar-refractivity contribution in [2.45, 2.75) is 25.8 Å². The number of benzene rings is 1. The Hall–Kier alpha value is -0.540. The molecule has 1 aliphatic carbocycles. The van der Waals surface area contributed by atoms with Gasteiger partial charge < -0.3 is 10.1 Å². The molecule has 0 saturated heterocycles. The third kappa shape index (κ3) is 3.49. The van der Waals surface area contributed by atoms with Crippen LogP contribution in [-0.2, 0) is 6.54 Å². The molecule has 16 heavy (non-hydrogen) atoms. The molecular formula is C13H18BrNO. The van der Waals surface area contributed by atoms with E-state index in [1.807, 2.05) is 19.2 Å². The summed E-state index contributed by atoms with van der Waals surface area (Å²) in [7, 11) is 1.95. The zero-order valence-corrected chi connectivity index (χ0v) is 11.2. The Balaban J connectivity index is 1.93. The second kappa shape index (κ2) is 5.69. The van der Waals surface area contributed by atoms with Crippen molar-refractivity contribution in [1.82, 2.24) is 5.32 Å². The molecule has 1 N–H and O–H groups in total. The summed E-state index contributed by atoms with van der Waals surface area (Å²) in [4.78, 5) is 0. The Kier molecular flexibility index (Phi) is 4.24. The maximum absolute atomic E-state index is 5.83. The fourth-order valence-corrected chi connectivity index (χ4v) is 2.17. The summed E-state index contributed by atoms with van der Waals surface area (Å²) < 4.78 is 6.94. The first kappa shape index (κ1) is 11.9. The molecule has 0 aliphatic heterocycles. The maximum atomic E-state index is 5.83. The quantitative estimate of drug-likeness (QED) is 0.865. The van der Waals surface area contributed by atoms with Crippen molar-refractivity contribution in [3.05, 3.63) is 28.2 Å². The van der Waals surface area contributed by atoms with E-state index >= 15 is 0 Å². The van der Waals surface area contributed by atoms with E-state index in [0.717, 1.165) is 29.3 Å². The minimum absolute atomic E-state index is 0.845. The van der Waals surface area contributed by atoms with Gasteiger partial charge in [0.1, 0.15) is 5.75 Å². The highest BCUT2D eigenvalue weighted by atomic mass is 79.9. The van der Waals surface area contributed by atoms with Crippen molar-refractivity contribution in [1.29, 1.82) is 0 Å². The third-order valence-electron chi connectivity index (χ3n) is 2.87. The Bertz CT molecular complexity index is 350. The first-order valence-electron chi connectivity index (χ1n) is 5.85. The van der Waals surface area contributed by atoms with E-state index in [4.69, 9.17) is 4.74 Å². The van der Waals surface area contributed by atoms with Gasteiger partial charge in [0.25, 0.3) is 0 Å². The minimum Gasteiger partial charge on any atom is -0.493 e. The fourth-order valence-electron chi connectivity index (χ4n) is 1.76. The van der Waals surface area contributed by atoms with Gasteiger partial charge in [0.05, 0.1) is 6.61 Å². The van der Waals surface area contributed by atoms with Gasteiger partial charge in [0.2, 0.25) is 0 Å². The Morgan fingerprint density at radius 3 is 2.94 bits per heavy atom. The second-order valence-electron chi connectivity index (χ2n) is 4.36. The molecule has 1 aromatic rings. The second-order valence-corrected chi connectivity index (χ2v) is 5.28. The number of hydrogen-bond acceptors (Lipinski definition) is 2. The lowest BCUT2D eigenvalue weighted by atomic mass is 10.2. The molecule has 1 fully saturated rings. The standard InChI is InChI=1S/C13H18BrNO/c1-15-9-11-8-12(14)4-5-13(11)16-7-6-10-2-3-10/h4-5,8,10,15H,2-3,6-7,9H2,1H3. The summed E-state index contributed by atoms with van der Waals surface area (Å²) in [6.45, 7) is 1.70. The fraction of sp³-hybridized carbons (Fsp3) is 0.538. The van der Waals surface area contributed by atoms with E-state index < -0.39 is 0 Å². The Morgan fingerprint density at radius 1 is 1.44 bits per heavy atom. The SMILES string of the molecule is CNCc1cc(Br)ccc1OCCC1CC1. The minimum atomic E-state index is 0.845. The van der Waals surface area contributed by atoms with Crippen LogP contribution >= 0.6 is 15.9 Å². The Labute approximate surface area is 106 Å². The van der Waals surface area contributed by atoms with Crippen LogP contribution in [0.4, 0.5) is 0 Å². The van der Waals surface area contributed by atoms with Crippen LogP contribution in [0.5, 0.6) is 5.75 Å². The molecule has 0 aromatic heterocycles. The molecule has 2 rings (SSSR count). The topological polar surface area (TPSA) is 21.3 Å². The summed E-state index contributed by atoms with van der Waals surface area (Å²) in [5.41, 5.74) is 1.22. The maximum Gasteiger partial charge on any atom is 0.123 e. The monoisotopic (exact) mass is 283 g/mol. The third-order valence-corrected chi connectivity index (χ3v) is 3.36. The number of hydrogen-bond donors (Lipinski definition) is 1. The van der Waals surface area contributed by atoms with Crippen LogP contribution in [-0.4, -0.2) is 13.7 Å². The molecule has 0 bridgehead atoms. The van der Waals surface area contributed by atoms with Gasteiger partial charge in [-0.05, 0) is 37.6 Å². The van der Waals surface area contributed by atoms with Gasteiger partial charge in [-0.3, -0.25) is 0 Å². The summed E-state index contributed by atoms with van der Waals surface area (Å²) in [6.07, 6.45) is 4.00. The van der Waals surface area contributed by atoms with Gasteiger partial charge in [-0.15, -0.1) is 0 Å². The summed E-state index contributed by atoms with van der Waals surface area (Å²) >= 11 is 3.48. The van der Waals surface area contributed by atoms with Crippen molar-refractivity contribution >= 4 is 15.9 Å². The lowest BCUT2D eigenvalue weighted by Gasteiger charge is -2.11. The van der Waals surface area contributed by atoms with Gasteiger partial charge in [0, 0.05) is 16.6 Å². The van der Waals surface area contributed by atoms with E-state index in [-0.39, 0.29) is 0 Å². The summed E-state index contributed by atoms with van der Waals surface area (Å²) in [6, 6.07) is 6.19. The molecular weight excluding hydrogens is 266 g/mol. The molecule has 2 nitrogen and oxygen atoms in total. The van der Waals surface area contributed by atoms with Crippen molar-refractivity contribution in [3.8, 4) is 5.75 Å². The van der Waals surface area contributed by atoms with Gasteiger partial charge in [-0.2, -0.15) is 0 Å². The van der Waals surface area contributed by atoms with Gasteiger partial charge in [-0.1, -0.05) is 28.8 Å². The number of ether oxygens (including phenoxy) is 1. The Morgan fingerprint density at radius 2 is 2.25 bits per heavy atom. The van der Waals surface area contributed by atoms with Crippen LogP contribution in [0.15, 0.2) is 22.7 Å².